The van der Waals surface area contributed by atoms with Crippen LogP contribution in [0.5, 0.6) is 0 Å². The summed E-state index contributed by atoms with van der Waals surface area (Å²) < 4.78 is 0. The van der Waals surface area contributed by atoms with Gasteiger partial charge in [-0.3, -0.25) is 4.90 Å². The van der Waals surface area contributed by atoms with E-state index in [0.717, 1.165) is 41.8 Å². The summed E-state index contributed by atoms with van der Waals surface area (Å²) in [5, 5.41) is 17.2. The Hall–Kier alpha value is -2.38. The highest BCUT2D eigenvalue weighted by Crippen LogP contribution is 2.34. The summed E-state index contributed by atoms with van der Waals surface area (Å²) in [6, 6.07) is 16.4. The summed E-state index contributed by atoms with van der Waals surface area (Å²) in [6.07, 6.45) is 1.12. The number of carboxylic acids is 2. The second kappa shape index (κ2) is 11.7. The Balaban J connectivity index is 0.000000343. The van der Waals surface area contributed by atoms with Crippen molar-refractivity contribution in [1.29, 1.82) is 0 Å². The molecule has 0 spiro atoms. The lowest BCUT2D eigenvalue weighted by molar-refractivity contribution is -0.134. The molecule has 2 N–H and O–H groups in total. The van der Waals surface area contributed by atoms with Gasteiger partial charge in [-0.15, -0.1) is 0 Å². The minimum Gasteiger partial charge on any atom is -0.478 e. The van der Waals surface area contributed by atoms with E-state index in [9.17, 15) is 9.59 Å². The highest BCUT2D eigenvalue weighted by Gasteiger charge is 2.26. The van der Waals surface area contributed by atoms with Crippen molar-refractivity contribution in [3.05, 3.63) is 81.9 Å². The largest absolute Gasteiger partial charge is 0.478 e. The van der Waals surface area contributed by atoms with E-state index in [-0.39, 0.29) is 6.04 Å². The summed E-state index contributed by atoms with van der Waals surface area (Å²) in [5.74, 6) is -2.51. The molecule has 1 aliphatic heterocycles. The smallest absolute Gasteiger partial charge is 0.328 e. The lowest BCUT2D eigenvalue weighted by atomic mass is 9.96. The molecule has 1 atom stereocenters. The van der Waals surface area contributed by atoms with E-state index >= 15 is 0 Å². The van der Waals surface area contributed by atoms with Crippen molar-refractivity contribution in [1.82, 2.24) is 9.80 Å². The number of hydrogen-bond acceptors (Lipinski definition) is 4. The molecule has 3 rings (SSSR count). The predicted octanol–water partition coefficient (Wildman–Crippen LogP) is 4.04. The lowest BCUT2D eigenvalue weighted by Gasteiger charge is -2.38. The van der Waals surface area contributed by atoms with E-state index in [1.807, 2.05) is 30.3 Å². The number of likely N-dealkylation sites (N-methyl/N-ethyl adjacent to an activating group) is 1. The van der Waals surface area contributed by atoms with Crippen molar-refractivity contribution in [2.75, 3.05) is 33.2 Å². The maximum Gasteiger partial charge on any atom is 0.328 e. The van der Waals surface area contributed by atoms with Gasteiger partial charge in [-0.1, -0.05) is 53.5 Å². The van der Waals surface area contributed by atoms with Crippen LogP contribution < -0.4 is 0 Å². The van der Waals surface area contributed by atoms with Gasteiger partial charge in [0.2, 0.25) is 0 Å². The Bertz CT molecular complexity index is 880. The van der Waals surface area contributed by atoms with Crippen LogP contribution in [0, 0.1) is 0 Å². The molecule has 0 aromatic heterocycles. The number of benzene rings is 2. The minimum atomic E-state index is -1.26. The summed E-state index contributed by atoms with van der Waals surface area (Å²) in [4.78, 5) is 24.0. The highest BCUT2D eigenvalue weighted by atomic mass is 35.5. The van der Waals surface area contributed by atoms with Gasteiger partial charge in [0.1, 0.15) is 0 Å². The average molecular weight is 451 g/mol. The third-order valence-electron chi connectivity index (χ3n) is 4.64. The molecule has 1 heterocycles. The molecule has 1 saturated heterocycles. The standard InChI is InChI=1S/C18H20Cl2N2.C4H4O4/c1-21-9-11-22(12-10-21)18(14-5-4-6-15(19)13-14)16-7-2-3-8-17(16)20;5-3(6)1-2-4(7)8/h2-8,13,18H,9-12H2,1H3;1-2H,(H,5,6)(H,7,8)/b;2-1-. The first-order chi connectivity index (χ1) is 14.3. The molecule has 0 aliphatic carbocycles. The molecule has 1 fully saturated rings. The Morgan fingerprint density at radius 2 is 1.53 bits per heavy atom. The van der Waals surface area contributed by atoms with Crippen molar-refractivity contribution in [2.24, 2.45) is 0 Å². The molecule has 2 aromatic carbocycles. The Kier molecular flexibility index (Phi) is 9.33. The van der Waals surface area contributed by atoms with Gasteiger partial charge in [0.05, 0.1) is 6.04 Å². The number of carboxylic acid groups (broad SMARTS) is 2. The number of aliphatic carboxylic acids is 2. The van der Waals surface area contributed by atoms with Gasteiger partial charge >= 0.3 is 11.9 Å². The van der Waals surface area contributed by atoms with Crippen LogP contribution in [0.25, 0.3) is 0 Å². The summed E-state index contributed by atoms with van der Waals surface area (Å²) in [5.41, 5.74) is 2.35. The van der Waals surface area contributed by atoms with Gasteiger partial charge in [-0.2, -0.15) is 0 Å². The van der Waals surface area contributed by atoms with Gasteiger partial charge in [0.25, 0.3) is 0 Å². The molecule has 30 heavy (non-hydrogen) atoms. The molecule has 0 bridgehead atoms. The first kappa shape index (κ1) is 23.9. The zero-order chi connectivity index (χ0) is 22.1. The molecule has 8 heteroatoms. The molecule has 0 radical (unpaired) electrons. The molecule has 6 nitrogen and oxygen atoms in total. The topological polar surface area (TPSA) is 81.1 Å². The SMILES string of the molecule is CN1CCN(C(c2cccc(Cl)c2)c2ccccc2Cl)CC1.O=C(O)/C=C\C(=O)O. The average Bonchev–Trinajstić information content (AvgIpc) is 2.70. The molecule has 1 aliphatic rings. The fraction of sp³-hybridized carbons (Fsp3) is 0.273. The van der Waals surface area contributed by atoms with Crippen molar-refractivity contribution >= 4 is 35.1 Å². The normalized spacial score (nSPS) is 16.0. The number of hydrogen-bond donors (Lipinski definition) is 2. The molecule has 0 amide bonds. The monoisotopic (exact) mass is 450 g/mol. The molecule has 160 valence electrons. The Morgan fingerprint density at radius 3 is 2.07 bits per heavy atom. The maximum absolute atomic E-state index is 9.55. The fourth-order valence-corrected chi connectivity index (χ4v) is 3.62. The quantitative estimate of drug-likeness (QED) is 0.668. The minimum absolute atomic E-state index is 0.154. The molecule has 2 aromatic rings. The summed E-state index contributed by atoms with van der Waals surface area (Å²) >= 11 is 12.7. The van der Waals surface area contributed by atoms with Gasteiger partial charge in [0.15, 0.2) is 0 Å². The number of rotatable bonds is 5. The molecular formula is C22H24Cl2N2O4. The predicted molar refractivity (Wildman–Crippen MR) is 118 cm³/mol. The number of carbonyl (C=O) groups is 2. The van der Waals surface area contributed by atoms with Gasteiger partial charge in [-0.25, -0.2) is 9.59 Å². The van der Waals surface area contributed by atoms with Crippen molar-refractivity contribution < 1.29 is 19.8 Å². The third kappa shape index (κ3) is 7.46. The van der Waals surface area contributed by atoms with Crippen LogP contribution in [0.4, 0.5) is 0 Å². The Morgan fingerprint density at radius 1 is 0.933 bits per heavy atom. The van der Waals surface area contributed by atoms with Crippen LogP contribution in [0.1, 0.15) is 17.2 Å². The van der Waals surface area contributed by atoms with E-state index in [2.05, 4.69) is 35.0 Å². The van der Waals surface area contributed by atoms with Crippen LogP contribution >= 0.6 is 23.2 Å². The van der Waals surface area contributed by atoms with Crippen molar-refractivity contribution in [3.63, 3.8) is 0 Å². The van der Waals surface area contributed by atoms with Gasteiger partial charge < -0.3 is 15.1 Å². The van der Waals surface area contributed by atoms with E-state index in [1.165, 1.54) is 5.56 Å². The zero-order valence-corrected chi connectivity index (χ0v) is 18.1. The first-order valence-electron chi connectivity index (χ1n) is 9.34. The van der Waals surface area contributed by atoms with E-state index in [1.54, 1.807) is 0 Å². The van der Waals surface area contributed by atoms with E-state index in [0.29, 0.717) is 12.2 Å². The lowest BCUT2D eigenvalue weighted by Crippen LogP contribution is -2.46. The van der Waals surface area contributed by atoms with Crippen molar-refractivity contribution in [2.45, 2.75) is 6.04 Å². The maximum atomic E-state index is 9.55. The summed E-state index contributed by atoms with van der Waals surface area (Å²) in [7, 11) is 2.17. The number of halogens is 2. The summed E-state index contributed by atoms with van der Waals surface area (Å²) in [6.45, 7) is 4.20. The van der Waals surface area contributed by atoms with Crippen LogP contribution in [0.15, 0.2) is 60.7 Å². The third-order valence-corrected chi connectivity index (χ3v) is 5.22. The van der Waals surface area contributed by atoms with Gasteiger partial charge in [-0.05, 0) is 36.4 Å². The van der Waals surface area contributed by atoms with Crippen LogP contribution in [-0.2, 0) is 9.59 Å². The van der Waals surface area contributed by atoms with Crippen LogP contribution in [0.2, 0.25) is 10.0 Å². The van der Waals surface area contributed by atoms with E-state index < -0.39 is 11.9 Å². The van der Waals surface area contributed by atoms with Gasteiger partial charge in [0, 0.05) is 48.4 Å². The second-order valence-corrected chi connectivity index (χ2v) is 7.67. The number of piperazine rings is 1. The molecular weight excluding hydrogens is 427 g/mol. The van der Waals surface area contributed by atoms with Crippen LogP contribution in [0.3, 0.4) is 0 Å². The zero-order valence-electron chi connectivity index (χ0n) is 16.5. The second-order valence-electron chi connectivity index (χ2n) is 6.83. The molecule has 1 unspecified atom stereocenters. The van der Waals surface area contributed by atoms with Crippen LogP contribution in [-0.4, -0.2) is 65.2 Å². The fourth-order valence-electron chi connectivity index (χ4n) is 3.18. The van der Waals surface area contributed by atoms with E-state index in [4.69, 9.17) is 33.4 Å². The molecule has 0 saturated carbocycles. The Labute approximate surface area is 185 Å². The first-order valence-corrected chi connectivity index (χ1v) is 10.1. The van der Waals surface area contributed by atoms with Crippen molar-refractivity contribution in [3.8, 4) is 0 Å². The highest BCUT2D eigenvalue weighted by molar-refractivity contribution is 6.31. The number of nitrogens with zero attached hydrogens (tertiary/aromatic N) is 2.